The number of piperidine rings is 3. The van der Waals surface area contributed by atoms with Crippen LogP contribution in [0.15, 0.2) is 76.1 Å². The van der Waals surface area contributed by atoms with E-state index in [9.17, 15) is 5.11 Å². The third kappa shape index (κ3) is 4.78. The number of hydrogen-bond acceptors (Lipinski definition) is 4. The number of fused-ring (bicyclic) bond motifs is 3. The van der Waals surface area contributed by atoms with Crippen LogP contribution in [0.4, 0.5) is 0 Å². The molecular weight excluding hydrogens is 464 g/mol. The molecule has 3 saturated heterocycles. The molecule has 4 aliphatic rings. The lowest BCUT2D eigenvalue weighted by molar-refractivity contribution is -0.959. The highest BCUT2D eigenvalue weighted by molar-refractivity contribution is 7.99. The smallest absolute Gasteiger partial charge is 0.191 e. The summed E-state index contributed by atoms with van der Waals surface area (Å²) in [6.07, 6.45) is 8.32. The number of quaternary nitrogens is 1. The summed E-state index contributed by atoms with van der Waals surface area (Å²) in [6.45, 7) is 4.59. The summed E-state index contributed by atoms with van der Waals surface area (Å²) in [5, 5.41) is 16.8. The summed E-state index contributed by atoms with van der Waals surface area (Å²) in [4.78, 5) is 1.38. The fourth-order valence-corrected chi connectivity index (χ4v) is 8.40. The van der Waals surface area contributed by atoms with Crippen molar-refractivity contribution in [2.45, 2.75) is 62.0 Å². The van der Waals surface area contributed by atoms with Gasteiger partial charge in [-0.15, -0.1) is 11.8 Å². The first kappa shape index (κ1) is 24.3. The van der Waals surface area contributed by atoms with E-state index in [-0.39, 0.29) is 5.92 Å². The Hall–Kier alpha value is -2.08. The van der Waals surface area contributed by atoms with Crippen molar-refractivity contribution >= 4 is 11.8 Å². The Morgan fingerprint density at radius 3 is 2.33 bits per heavy atom. The second-order valence-electron chi connectivity index (χ2n) is 11.5. The van der Waals surface area contributed by atoms with E-state index < -0.39 is 5.60 Å². The van der Waals surface area contributed by atoms with Gasteiger partial charge in [-0.3, -0.25) is 0 Å². The number of nitrogens with zero attached hydrogens (tertiary/aromatic N) is 2. The van der Waals surface area contributed by atoms with Crippen LogP contribution >= 0.6 is 11.8 Å². The highest BCUT2D eigenvalue weighted by Gasteiger charge is 2.47. The number of rotatable bonds is 8. The van der Waals surface area contributed by atoms with E-state index in [1.54, 1.807) is 0 Å². The molecule has 4 heterocycles. The average molecular weight is 504 g/mol. The van der Waals surface area contributed by atoms with Gasteiger partial charge in [0.2, 0.25) is 0 Å². The summed E-state index contributed by atoms with van der Waals surface area (Å²) in [5.74, 6) is 3.93. The maximum absolute atomic E-state index is 12.2. The predicted molar refractivity (Wildman–Crippen MR) is 144 cm³/mol. The molecule has 4 fully saturated rings. The molecule has 190 valence electrons. The molecule has 5 heteroatoms. The van der Waals surface area contributed by atoms with Gasteiger partial charge in [0, 0.05) is 35.5 Å². The molecule has 1 saturated carbocycles. The van der Waals surface area contributed by atoms with Gasteiger partial charge in [-0.2, -0.15) is 0 Å². The van der Waals surface area contributed by atoms with Gasteiger partial charge in [-0.05, 0) is 42.4 Å². The SMILES string of the molecule is OC(c1ccccc1)(c1cc(C[N+]23CCC(CC2)[C@H](CSc2ccccc2)C3)on1)C1CCCCC1. The molecule has 3 aliphatic heterocycles. The second kappa shape index (κ2) is 10.4. The minimum atomic E-state index is -1.08. The third-order valence-corrected chi connectivity index (χ3v) is 10.5. The summed E-state index contributed by atoms with van der Waals surface area (Å²) < 4.78 is 7.11. The van der Waals surface area contributed by atoms with Crippen molar-refractivity contribution in [1.29, 1.82) is 0 Å². The highest BCUT2D eigenvalue weighted by Crippen LogP contribution is 2.45. The summed E-state index contributed by atoms with van der Waals surface area (Å²) in [5.41, 5.74) is 0.574. The van der Waals surface area contributed by atoms with Crippen LogP contribution in [0.1, 0.15) is 62.0 Å². The van der Waals surface area contributed by atoms with Gasteiger partial charge < -0.3 is 14.1 Å². The highest BCUT2D eigenvalue weighted by atomic mass is 32.2. The number of hydrogen-bond donors (Lipinski definition) is 1. The number of thioether (sulfide) groups is 1. The van der Waals surface area contributed by atoms with Gasteiger partial charge >= 0.3 is 0 Å². The van der Waals surface area contributed by atoms with Crippen LogP contribution < -0.4 is 0 Å². The first-order valence-corrected chi connectivity index (χ1v) is 14.9. The molecule has 2 atom stereocenters. The molecule has 0 radical (unpaired) electrons. The number of benzene rings is 2. The van der Waals surface area contributed by atoms with Gasteiger partial charge in [0.15, 0.2) is 5.76 Å². The molecule has 1 aromatic heterocycles. The lowest BCUT2D eigenvalue weighted by Crippen LogP contribution is -2.61. The monoisotopic (exact) mass is 503 g/mol. The van der Waals surface area contributed by atoms with E-state index in [1.807, 2.05) is 30.0 Å². The zero-order valence-electron chi connectivity index (χ0n) is 21.2. The zero-order valence-corrected chi connectivity index (χ0v) is 22.0. The van der Waals surface area contributed by atoms with E-state index >= 15 is 0 Å². The zero-order chi connectivity index (χ0) is 24.4. The lowest BCUT2D eigenvalue weighted by Gasteiger charge is -2.52. The molecule has 4 nitrogen and oxygen atoms in total. The molecule has 36 heavy (non-hydrogen) atoms. The Morgan fingerprint density at radius 1 is 0.917 bits per heavy atom. The van der Waals surface area contributed by atoms with Crippen molar-refractivity contribution in [3.8, 4) is 0 Å². The predicted octanol–water partition coefficient (Wildman–Crippen LogP) is 6.64. The quantitative estimate of drug-likeness (QED) is 0.276. The maximum atomic E-state index is 12.2. The Bertz CT molecular complexity index is 1120. The summed E-state index contributed by atoms with van der Waals surface area (Å²) in [6, 6.07) is 23.1. The molecular formula is C31H39N2O2S+. The van der Waals surface area contributed by atoms with E-state index in [4.69, 9.17) is 4.52 Å². The van der Waals surface area contributed by atoms with Crippen LogP contribution in [0, 0.1) is 17.8 Å². The van der Waals surface area contributed by atoms with Gasteiger partial charge in [0.1, 0.15) is 17.8 Å². The van der Waals surface area contributed by atoms with Crippen LogP contribution in [0.2, 0.25) is 0 Å². The Kier molecular flexibility index (Phi) is 6.98. The lowest BCUT2D eigenvalue weighted by atomic mass is 9.71. The standard InChI is InChI=1S/C31H39N2O2S/c34-31(26-10-4-1-5-11-26,27-12-6-2-7-13-27)30-20-28(35-32-30)22-33-18-16-24(17-19-33)25(21-33)23-36-29-14-8-3-9-15-29/h1,3-5,8-11,14-15,20,24-25,27,34H,2,6-7,12-13,16-19,21-23H2/q+1/t24?,25-,31?,33?/m0/s1. The van der Waals surface area contributed by atoms with Crippen molar-refractivity contribution in [2.24, 2.45) is 17.8 Å². The molecule has 1 aliphatic carbocycles. The molecule has 0 spiro atoms. The molecule has 1 N–H and O–H groups in total. The molecule has 2 bridgehead atoms. The van der Waals surface area contributed by atoms with Crippen LogP contribution in [0.3, 0.4) is 0 Å². The number of aromatic nitrogens is 1. The first-order valence-electron chi connectivity index (χ1n) is 13.9. The summed E-state index contributed by atoms with van der Waals surface area (Å²) >= 11 is 2.01. The molecule has 0 amide bonds. The van der Waals surface area contributed by atoms with Crippen molar-refractivity contribution in [1.82, 2.24) is 5.16 Å². The van der Waals surface area contributed by atoms with Crippen molar-refractivity contribution in [2.75, 3.05) is 25.4 Å². The Morgan fingerprint density at radius 2 is 1.61 bits per heavy atom. The van der Waals surface area contributed by atoms with Crippen molar-refractivity contribution in [3.05, 3.63) is 83.7 Å². The minimum Gasteiger partial charge on any atom is -0.378 e. The average Bonchev–Trinajstić information content (AvgIpc) is 3.42. The summed E-state index contributed by atoms with van der Waals surface area (Å²) in [7, 11) is 0. The molecule has 2 aromatic carbocycles. The fourth-order valence-electron chi connectivity index (χ4n) is 7.27. The van der Waals surface area contributed by atoms with E-state index in [0.29, 0.717) is 5.69 Å². The van der Waals surface area contributed by atoms with Gasteiger partial charge in [-0.25, -0.2) is 0 Å². The topological polar surface area (TPSA) is 46.3 Å². The van der Waals surface area contributed by atoms with Crippen LogP contribution in [-0.2, 0) is 12.1 Å². The van der Waals surface area contributed by atoms with Crippen molar-refractivity contribution in [3.63, 3.8) is 0 Å². The van der Waals surface area contributed by atoms with Gasteiger partial charge in [0.25, 0.3) is 0 Å². The third-order valence-electron chi connectivity index (χ3n) is 9.29. The van der Waals surface area contributed by atoms with Gasteiger partial charge in [0.05, 0.1) is 19.6 Å². The maximum Gasteiger partial charge on any atom is 0.191 e. The Labute approximate surface area is 219 Å². The molecule has 1 unspecified atom stereocenters. The Balaban J connectivity index is 1.20. The van der Waals surface area contributed by atoms with Crippen molar-refractivity contribution < 1.29 is 14.1 Å². The van der Waals surface area contributed by atoms with E-state index in [1.165, 1.54) is 62.4 Å². The van der Waals surface area contributed by atoms with Crippen LogP contribution in [0.25, 0.3) is 0 Å². The molecule has 7 rings (SSSR count). The minimum absolute atomic E-state index is 0.184. The van der Waals surface area contributed by atoms with E-state index in [2.05, 4.69) is 53.7 Å². The molecule has 3 aromatic rings. The van der Waals surface area contributed by atoms with Crippen LogP contribution in [-0.4, -0.2) is 40.1 Å². The van der Waals surface area contributed by atoms with Gasteiger partial charge in [-0.1, -0.05) is 73.0 Å². The van der Waals surface area contributed by atoms with Crippen LogP contribution in [0.5, 0.6) is 0 Å². The van der Waals surface area contributed by atoms with E-state index in [0.717, 1.165) is 47.0 Å². The normalized spacial score (nSPS) is 28.1. The second-order valence-corrected chi connectivity index (χ2v) is 12.6. The fraction of sp³-hybridized carbons (Fsp3) is 0.516. The first-order chi connectivity index (χ1) is 17.6. The number of aliphatic hydroxyl groups is 1. The largest absolute Gasteiger partial charge is 0.378 e.